The molecule has 0 unspecified atom stereocenters. The lowest BCUT2D eigenvalue weighted by molar-refractivity contribution is -0.274. The maximum absolute atomic E-state index is 11.9. The minimum atomic E-state index is -4.71. The highest BCUT2D eigenvalue weighted by atomic mass is 19.4. The van der Waals surface area contributed by atoms with E-state index in [1.165, 1.54) is 19.2 Å². The number of hydrogen-bond acceptors (Lipinski definition) is 3. The molecule has 0 bridgehead atoms. The Morgan fingerprint density at radius 2 is 1.88 bits per heavy atom. The van der Waals surface area contributed by atoms with Gasteiger partial charge >= 0.3 is 6.36 Å². The highest BCUT2D eigenvalue weighted by Crippen LogP contribution is 2.33. The maximum atomic E-state index is 11.9. The Morgan fingerprint density at radius 3 is 2.38 bits per heavy atom. The van der Waals surface area contributed by atoms with Crippen LogP contribution < -0.4 is 14.2 Å². The zero-order valence-electron chi connectivity index (χ0n) is 8.80. The second kappa shape index (κ2) is 4.96. The first-order chi connectivity index (χ1) is 7.46. The summed E-state index contributed by atoms with van der Waals surface area (Å²) in [4.78, 5) is 0. The van der Waals surface area contributed by atoms with Crippen molar-refractivity contribution in [2.75, 3.05) is 13.7 Å². The van der Waals surface area contributed by atoms with Gasteiger partial charge in [-0.1, -0.05) is 0 Å². The normalized spacial score (nSPS) is 11.1. The Bertz CT molecular complexity index is 350. The molecule has 0 radical (unpaired) electrons. The van der Waals surface area contributed by atoms with Crippen LogP contribution >= 0.6 is 0 Å². The van der Waals surface area contributed by atoms with Gasteiger partial charge in [0.05, 0.1) is 13.7 Å². The zero-order chi connectivity index (χ0) is 12.2. The number of alkyl halides is 3. The van der Waals surface area contributed by atoms with Gasteiger partial charge in [0, 0.05) is 6.07 Å². The molecule has 0 saturated heterocycles. The van der Waals surface area contributed by atoms with Crippen molar-refractivity contribution in [3.63, 3.8) is 0 Å². The zero-order valence-corrected chi connectivity index (χ0v) is 8.80. The summed E-state index contributed by atoms with van der Waals surface area (Å²) in [6.45, 7) is 2.16. The van der Waals surface area contributed by atoms with Crippen molar-refractivity contribution in [3.05, 3.63) is 18.2 Å². The van der Waals surface area contributed by atoms with Gasteiger partial charge in [-0.15, -0.1) is 13.2 Å². The molecule has 0 heterocycles. The van der Waals surface area contributed by atoms with E-state index >= 15 is 0 Å². The maximum Gasteiger partial charge on any atom is 0.573 e. The molecule has 0 saturated carbocycles. The van der Waals surface area contributed by atoms with E-state index in [-0.39, 0.29) is 11.5 Å². The van der Waals surface area contributed by atoms with Gasteiger partial charge in [-0.2, -0.15) is 0 Å². The van der Waals surface area contributed by atoms with E-state index in [1.807, 2.05) is 0 Å². The molecule has 0 spiro atoms. The lowest BCUT2D eigenvalue weighted by Gasteiger charge is -2.12. The first-order valence-electron chi connectivity index (χ1n) is 4.53. The topological polar surface area (TPSA) is 27.7 Å². The van der Waals surface area contributed by atoms with Gasteiger partial charge in [-0.05, 0) is 19.1 Å². The molecule has 6 heteroatoms. The quantitative estimate of drug-likeness (QED) is 0.804. The number of halogens is 3. The van der Waals surface area contributed by atoms with Crippen LogP contribution in [0.15, 0.2) is 18.2 Å². The molecule has 3 nitrogen and oxygen atoms in total. The van der Waals surface area contributed by atoms with E-state index < -0.39 is 6.36 Å². The van der Waals surface area contributed by atoms with Crippen molar-refractivity contribution in [3.8, 4) is 17.2 Å². The van der Waals surface area contributed by atoms with Crippen molar-refractivity contribution in [2.45, 2.75) is 13.3 Å². The third kappa shape index (κ3) is 3.52. The van der Waals surface area contributed by atoms with Crippen LogP contribution in [-0.2, 0) is 0 Å². The summed E-state index contributed by atoms with van der Waals surface area (Å²) >= 11 is 0. The molecular weight excluding hydrogens is 225 g/mol. The molecular formula is C10H11F3O3. The Labute approximate surface area is 90.7 Å². The summed E-state index contributed by atoms with van der Waals surface area (Å²) in [6.07, 6.45) is -4.71. The standard InChI is InChI=1S/C10H11F3O3/c1-3-15-8-5-4-7(6-9(8)14-2)16-10(11,12)13/h4-6H,3H2,1-2H3. The summed E-state index contributed by atoms with van der Waals surface area (Å²) in [5.74, 6) is 0.232. The average Bonchev–Trinajstić information content (AvgIpc) is 2.18. The predicted molar refractivity (Wildman–Crippen MR) is 50.8 cm³/mol. The third-order valence-electron chi connectivity index (χ3n) is 1.67. The summed E-state index contributed by atoms with van der Waals surface area (Å²) in [5, 5.41) is 0. The number of methoxy groups -OCH3 is 1. The Kier molecular flexibility index (Phi) is 3.87. The largest absolute Gasteiger partial charge is 0.573 e. The van der Waals surface area contributed by atoms with Gasteiger partial charge in [0.1, 0.15) is 5.75 Å². The fourth-order valence-corrected chi connectivity index (χ4v) is 1.12. The van der Waals surface area contributed by atoms with Crippen LogP contribution in [0, 0.1) is 0 Å². The number of rotatable bonds is 4. The average molecular weight is 236 g/mol. The molecule has 0 amide bonds. The minimum absolute atomic E-state index is 0.198. The van der Waals surface area contributed by atoms with Gasteiger partial charge in [0.15, 0.2) is 11.5 Å². The summed E-state index contributed by atoms with van der Waals surface area (Å²) in [6, 6.07) is 3.66. The number of ether oxygens (including phenoxy) is 3. The molecule has 0 atom stereocenters. The molecule has 0 aliphatic rings. The lowest BCUT2D eigenvalue weighted by Crippen LogP contribution is -2.17. The van der Waals surface area contributed by atoms with Crippen molar-refractivity contribution in [1.82, 2.24) is 0 Å². The van der Waals surface area contributed by atoms with Gasteiger partial charge in [-0.25, -0.2) is 0 Å². The molecule has 0 aliphatic heterocycles. The molecule has 0 aromatic heterocycles. The molecule has 0 aliphatic carbocycles. The highest BCUT2D eigenvalue weighted by Gasteiger charge is 2.31. The SMILES string of the molecule is CCOc1ccc(OC(F)(F)F)cc1OC. The monoisotopic (exact) mass is 236 g/mol. The lowest BCUT2D eigenvalue weighted by atomic mass is 10.3. The molecule has 1 aromatic rings. The molecule has 1 aromatic carbocycles. The summed E-state index contributed by atoms with van der Waals surface area (Å²) < 4.78 is 49.6. The van der Waals surface area contributed by atoms with E-state index in [1.54, 1.807) is 6.92 Å². The van der Waals surface area contributed by atoms with Crippen LogP contribution in [0.25, 0.3) is 0 Å². The fraction of sp³-hybridized carbons (Fsp3) is 0.400. The van der Waals surface area contributed by atoms with Gasteiger partial charge in [0.2, 0.25) is 0 Å². The van der Waals surface area contributed by atoms with Crippen molar-refractivity contribution in [2.24, 2.45) is 0 Å². The molecule has 0 N–H and O–H groups in total. The Hall–Kier alpha value is -1.59. The van der Waals surface area contributed by atoms with E-state index in [4.69, 9.17) is 9.47 Å². The second-order valence-corrected chi connectivity index (χ2v) is 2.79. The fourth-order valence-electron chi connectivity index (χ4n) is 1.12. The van der Waals surface area contributed by atoms with Gasteiger partial charge in [-0.3, -0.25) is 0 Å². The van der Waals surface area contributed by atoms with Crippen LogP contribution in [0.3, 0.4) is 0 Å². The number of hydrogen-bond donors (Lipinski definition) is 0. The molecule has 1 rings (SSSR count). The Morgan fingerprint density at radius 1 is 1.19 bits per heavy atom. The molecule has 90 valence electrons. The third-order valence-corrected chi connectivity index (χ3v) is 1.67. The Balaban J connectivity index is 2.90. The van der Waals surface area contributed by atoms with Crippen molar-refractivity contribution < 1.29 is 27.4 Å². The molecule has 0 fully saturated rings. The highest BCUT2D eigenvalue weighted by molar-refractivity contribution is 5.45. The first-order valence-corrected chi connectivity index (χ1v) is 4.53. The number of benzene rings is 1. The summed E-state index contributed by atoms with van der Waals surface area (Å²) in [7, 11) is 1.34. The second-order valence-electron chi connectivity index (χ2n) is 2.79. The van der Waals surface area contributed by atoms with Crippen molar-refractivity contribution in [1.29, 1.82) is 0 Å². The first kappa shape index (κ1) is 12.5. The van der Waals surface area contributed by atoms with E-state index in [0.29, 0.717) is 12.4 Å². The van der Waals surface area contributed by atoms with Gasteiger partial charge in [0.25, 0.3) is 0 Å². The molecule has 16 heavy (non-hydrogen) atoms. The van der Waals surface area contributed by atoms with Crippen LogP contribution in [0.1, 0.15) is 6.92 Å². The predicted octanol–water partition coefficient (Wildman–Crippen LogP) is 2.99. The summed E-state index contributed by atoms with van der Waals surface area (Å²) in [5.41, 5.74) is 0. The smallest absolute Gasteiger partial charge is 0.493 e. The van der Waals surface area contributed by atoms with E-state index in [2.05, 4.69) is 4.74 Å². The van der Waals surface area contributed by atoms with Crippen LogP contribution in [0.5, 0.6) is 17.2 Å². The van der Waals surface area contributed by atoms with Crippen molar-refractivity contribution >= 4 is 0 Å². The van der Waals surface area contributed by atoms with Gasteiger partial charge < -0.3 is 14.2 Å². The van der Waals surface area contributed by atoms with E-state index in [9.17, 15) is 13.2 Å². The van der Waals surface area contributed by atoms with Crippen LogP contribution in [-0.4, -0.2) is 20.1 Å². The minimum Gasteiger partial charge on any atom is -0.493 e. The van der Waals surface area contributed by atoms with Crippen LogP contribution in [0.2, 0.25) is 0 Å². The van der Waals surface area contributed by atoms with E-state index in [0.717, 1.165) is 6.07 Å². The van der Waals surface area contributed by atoms with Crippen LogP contribution in [0.4, 0.5) is 13.2 Å².